The number of allylic oxidation sites excluding steroid dienone is 2. The van der Waals surface area contributed by atoms with Crippen molar-refractivity contribution in [2.75, 3.05) is 13.2 Å². The van der Waals surface area contributed by atoms with E-state index in [1.54, 1.807) is 0 Å². The third-order valence-corrected chi connectivity index (χ3v) is 16.3. The first-order valence-electron chi connectivity index (χ1n) is 32.6. The molecule has 76 heavy (non-hydrogen) atoms. The van der Waals surface area contributed by atoms with Gasteiger partial charge in [0, 0.05) is 6.42 Å². The van der Waals surface area contributed by atoms with Gasteiger partial charge in [-0.15, -0.1) is 0 Å². The zero-order chi connectivity index (χ0) is 55.4. The van der Waals surface area contributed by atoms with Gasteiger partial charge >= 0.3 is 10.4 Å². The van der Waals surface area contributed by atoms with Crippen LogP contribution in [0.3, 0.4) is 0 Å². The predicted octanol–water partition coefficient (Wildman–Crippen LogP) is 16.2. The van der Waals surface area contributed by atoms with E-state index in [4.69, 9.17) is 9.47 Å². The van der Waals surface area contributed by atoms with Crippen LogP contribution < -0.4 is 5.32 Å². The molecule has 0 aromatic heterocycles. The molecule has 452 valence electrons. The minimum absolute atomic E-state index is 0.223. The Morgan fingerprint density at radius 2 is 0.842 bits per heavy atom. The molecule has 13 heteroatoms. The fourth-order valence-corrected chi connectivity index (χ4v) is 11.3. The standard InChI is InChI=1S/C63H123NO11S/c1-3-5-7-9-11-13-15-17-19-21-23-24-25-26-27-28-29-30-31-32-33-35-37-39-41-43-45-47-49-51-53-59(67)64-56(55-73-63-61(69)62(75-76(70,71)72)60(68)58(54-65)74-63)57(66)52-50-48-46-44-42-40-38-36-34-22-20-18-16-14-12-10-8-6-4-2/h26-27,56-58,60-63,65-66,68-69H,3-25,28-55H2,1-2H3,(H,64,67)(H,70,71,72)/b27-26-. The SMILES string of the molecule is CCCCCCCCCCCCCC/C=C\CCCCCCCCCCCCCCCCC(=O)NC(COC1OC(CO)C(O)C(OS(=O)(=O)O)C1O)C(O)CCCCCCCCCCCCCCCCCCCCC. The van der Waals surface area contributed by atoms with E-state index in [-0.39, 0.29) is 12.5 Å². The van der Waals surface area contributed by atoms with E-state index >= 15 is 0 Å². The number of amides is 1. The molecule has 7 atom stereocenters. The Bertz CT molecular complexity index is 1390. The molecule has 0 aromatic rings. The van der Waals surface area contributed by atoms with Crippen molar-refractivity contribution in [2.45, 2.75) is 371 Å². The highest BCUT2D eigenvalue weighted by molar-refractivity contribution is 7.80. The number of carbonyl (C=O) groups is 1. The van der Waals surface area contributed by atoms with Crippen molar-refractivity contribution >= 4 is 16.3 Å². The van der Waals surface area contributed by atoms with Gasteiger partial charge in [-0.3, -0.25) is 9.35 Å². The summed E-state index contributed by atoms with van der Waals surface area (Å²) in [6.45, 7) is 3.51. The summed E-state index contributed by atoms with van der Waals surface area (Å²) in [7, 11) is -5.08. The molecule has 7 unspecified atom stereocenters. The molecule has 0 aromatic carbocycles. The number of hydrogen-bond donors (Lipinski definition) is 6. The van der Waals surface area contributed by atoms with Crippen molar-refractivity contribution in [3.63, 3.8) is 0 Å². The van der Waals surface area contributed by atoms with Crippen molar-refractivity contribution in [1.82, 2.24) is 5.32 Å². The van der Waals surface area contributed by atoms with Gasteiger partial charge < -0.3 is 35.2 Å². The van der Waals surface area contributed by atoms with E-state index in [1.165, 1.54) is 250 Å². The highest BCUT2D eigenvalue weighted by Gasteiger charge is 2.48. The molecule has 0 bridgehead atoms. The zero-order valence-corrected chi connectivity index (χ0v) is 50.2. The van der Waals surface area contributed by atoms with Crippen LogP contribution in [0.5, 0.6) is 0 Å². The van der Waals surface area contributed by atoms with Crippen molar-refractivity contribution in [1.29, 1.82) is 0 Å². The summed E-state index contributed by atoms with van der Waals surface area (Å²) in [5.41, 5.74) is 0. The topological polar surface area (TPSA) is 192 Å². The maximum absolute atomic E-state index is 13.2. The van der Waals surface area contributed by atoms with E-state index < -0.39 is 59.9 Å². The molecule has 1 aliphatic heterocycles. The molecule has 1 aliphatic rings. The highest BCUT2D eigenvalue weighted by Crippen LogP contribution is 2.26. The van der Waals surface area contributed by atoms with Crippen LogP contribution in [0, 0.1) is 0 Å². The van der Waals surface area contributed by atoms with Gasteiger partial charge in [-0.05, 0) is 38.5 Å². The lowest BCUT2D eigenvalue weighted by Crippen LogP contribution is -2.61. The lowest BCUT2D eigenvalue weighted by molar-refractivity contribution is -0.298. The van der Waals surface area contributed by atoms with Crippen LogP contribution in [0.25, 0.3) is 0 Å². The van der Waals surface area contributed by atoms with E-state index in [0.29, 0.717) is 12.8 Å². The molecule has 0 radical (unpaired) electrons. The average molecular weight is 1100 g/mol. The van der Waals surface area contributed by atoms with Gasteiger partial charge in [-0.25, -0.2) is 4.18 Å². The second kappa shape index (κ2) is 53.2. The molecule has 1 fully saturated rings. The summed E-state index contributed by atoms with van der Waals surface area (Å²) in [6.07, 6.45) is 56.6. The third kappa shape index (κ3) is 44.6. The van der Waals surface area contributed by atoms with Gasteiger partial charge in [0.25, 0.3) is 0 Å². The maximum atomic E-state index is 13.2. The first-order valence-corrected chi connectivity index (χ1v) is 33.9. The van der Waals surface area contributed by atoms with E-state index in [1.807, 2.05) is 0 Å². The lowest BCUT2D eigenvalue weighted by Gasteiger charge is -2.41. The van der Waals surface area contributed by atoms with Gasteiger partial charge in [0.2, 0.25) is 5.91 Å². The molecule has 6 N–H and O–H groups in total. The number of nitrogens with one attached hydrogen (secondary N) is 1. The van der Waals surface area contributed by atoms with Crippen molar-refractivity contribution in [3.8, 4) is 0 Å². The normalized spacial score (nSPS) is 19.0. The fraction of sp³-hybridized carbons (Fsp3) is 0.952. The molecule has 1 heterocycles. The maximum Gasteiger partial charge on any atom is 0.397 e. The van der Waals surface area contributed by atoms with Crippen LogP contribution in [0.15, 0.2) is 12.2 Å². The number of unbranched alkanes of at least 4 members (excludes halogenated alkanes) is 44. The quantitative estimate of drug-likeness (QED) is 0.0193. The molecule has 0 spiro atoms. The van der Waals surface area contributed by atoms with E-state index in [9.17, 15) is 38.2 Å². The smallest absolute Gasteiger partial charge is 0.394 e. The highest BCUT2D eigenvalue weighted by atomic mass is 32.3. The Morgan fingerprint density at radius 3 is 1.18 bits per heavy atom. The van der Waals surface area contributed by atoms with Crippen LogP contribution >= 0.6 is 0 Å². The molecular weight excluding hydrogens is 979 g/mol. The molecule has 12 nitrogen and oxygen atoms in total. The number of rotatable bonds is 58. The second-order valence-electron chi connectivity index (χ2n) is 23.1. The fourth-order valence-electron chi connectivity index (χ4n) is 10.8. The van der Waals surface area contributed by atoms with Crippen LogP contribution in [-0.2, 0) is 28.9 Å². The van der Waals surface area contributed by atoms with Gasteiger partial charge in [-0.1, -0.05) is 296 Å². The van der Waals surface area contributed by atoms with E-state index in [0.717, 1.165) is 51.4 Å². The minimum atomic E-state index is -5.08. The summed E-state index contributed by atoms with van der Waals surface area (Å²) < 4.78 is 48.0. The van der Waals surface area contributed by atoms with Crippen LogP contribution in [0.2, 0.25) is 0 Å². The van der Waals surface area contributed by atoms with Crippen molar-refractivity contribution in [3.05, 3.63) is 12.2 Å². The van der Waals surface area contributed by atoms with Crippen LogP contribution in [0.1, 0.15) is 328 Å². The first-order chi connectivity index (χ1) is 37.0. The predicted molar refractivity (Wildman–Crippen MR) is 315 cm³/mol. The minimum Gasteiger partial charge on any atom is -0.394 e. The first kappa shape index (κ1) is 72.9. The van der Waals surface area contributed by atoms with Gasteiger partial charge in [0.15, 0.2) is 6.29 Å². The number of aliphatic hydroxyl groups is 4. The van der Waals surface area contributed by atoms with Gasteiger partial charge in [0.1, 0.15) is 24.4 Å². The summed E-state index contributed by atoms with van der Waals surface area (Å²) in [4.78, 5) is 13.2. The zero-order valence-electron chi connectivity index (χ0n) is 49.4. The monoisotopic (exact) mass is 1100 g/mol. The third-order valence-electron chi connectivity index (χ3n) is 15.8. The summed E-state index contributed by atoms with van der Waals surface area (Å²) in [5.74, 6) is -0.223. The molecule has 1 amide bonds. The van der Waals surface area contributed by atoms with Crippen LogP contribution in [-0.4, -0.2) is 95.4 Å². The summed E-state index contributed by atoms with van der Waals surface area (Å²) in [6, 6.07) is -0.856. The average Bonchev–Trinajstić information content (AvgIpc) is 3.40. The van der Waals surface area contributed by atoms with Crippen molar-refractivity contribution in [2.24, 2.45) is 0 Å². The molecule has 0 aliphatic carbocycles. The Hall–Kier alpha value is -1.16. The summed E-state index contributed by atoms with van der Waals surface area (Å²) >= 11 is 0. The van der Waals surface area contributed by atoms with Crippen molar-refractivity contribution < 1.29 is 51.8 Å². The largest absolute Gasteiger partial charge is 0.397 e. The Balaban J connectivity index is 2.25. The molecule has 0 saturated carbocycles. The van der Waals surface area contributed by atoms with Crippen LogP contribution in [0.4, 0.5) is 0 Å². The second-order valence-corrected chi connectivity index (χ2v) is 24.1. The van der Waals surface area contributed by atoms with Gasteiger partial charge in [0.05, 0.1) is 25.4 Å². The Labute approximate surface area is 468 Å². The molecule has 1 rings (SSSR count). The number of carbonyl (C=O) groups excluding carboxylic acids is 1. The Morgan fingerprint density at radius 1 is 0.513 bits per heavy atom. The summed E-state index contributed by atoms with van der Waals surface area (Å²) in [5, 5.41) is 45.2. The number of aliphatic hydroxyl groups excluding tert-OH is 4. The number of hydrogen-bond acceptors (Lipinski definition) is 10. The molecular formula is C63H123NO11S. The lowest BCUT2D eigenvalue weighted by atomic mass is 9.99. The Kier molecular flexibility index (Phi) is 51.0. The number of ether oxygens (including phenoxy) is 2. The van der Waals surface area contributed by atoms with E-state index in [2.05, 4.69) is 35.5 Å². The van der Waals surface area contributed by atoms with Gasteiger partial charge in [-0.2, -0.15) is 8.42 Å². The molecule has 1 saturated heterocycles.